The van der Waals surface area contributed by atoms with Crippen LogP contribution in [0.25, 0.3) is 21.9 Å². The summed E-state index contributed by atoms with van der Waals surface area (Å²) in [5.41, 5.74) is 2.73. The Balaban J connectivity index is 1.93. The van der Waals surface area contributed by atoms with Gasteiger partial charge in [0.25, 0.3) is 0 Å². The fraction of sp³-hybridized carbons (Fsp3) is 0.0526. The fourth-order valence-corrected chi connectivity index (χ4v) is 3.48. The molecule has 0 saturated carbocycles. The zero-order chi connectivity index (χ0) is 15.6. The average molecular weight is 322 g/mol. The molecule has 1 heterocycles. The number of hydrogen-bond acceptors (Lipinski definition) is 3. The van der Waals surface area contributed by atoms with E-state index >= 15 is 0 Å². The number of fused-ring (bicyclic) bond motifs is 3. The van der Waals surface area contributed by atoms with Crippen LogP contribution < -0.4 is 4.52 Å². The van der Waals surface area contributed by atoms with Gasteiger partial charge in [-0.2, -0.15) is 0 Å². The molecule has 23 heavy (non-hydrogen) atoms. The van der Waals surface area contributed by atoms with Crippen molar-refractivity contribution in [1.29, 1.82) is 0 Å². The van der Waals surface area contributed by atoms with Crippen LogP contribution in [0.2, 0.25) is 0 Å². The third-order valence-corrected chi connectivity index (χ3v) is 4.66. The van der Waals surface area contributed by atoms with Crippen LogP contribution in [-0.4, -0.2) is 0 Å². The average Bonchev–Trinajstić information content (AvgIpc) is 2.73. The highest BCUT2D eigenvalue weighted by atomic mass is 31.1. The second-order valence-corrected chi connectivity index (χ2v) is 6.30. The number of rotatable bonds is 2. The van der Waals surface area contributed by atoms with Gasteiger partial charge < -0.3 is 12.9 Å². The molecule has 1 aromatic heterocycles. The van der Waals surface area contributed by atoms with Crippen LogP contribution in [0.4, 0.5) is 0 Å². The molecule has 4 aromatic rings. The Labute approximate surface area is 134 Å². The Morgan fingerprint density at radius 3 is 1.78 bits per heavy atom. The van der Waals surface area contributed by atoms with Crippen molar-refractivity contribution in [3.63, 3.8) is 0 Å². The second kappa shape index (κ2) is 5.86. The van der Waals surface area contributed by atoms with E-state index in [2.05, 4.69) is 0 Å². The van der Waals surface area contributed by atoms with E-state index in [0.717, 1.165) is 27.7 Å². The first-order valence-corrected chi connectivity index (χ1v) is 8.48. The van der Waals surface area contributed by atoms with E-state index in [0.29, 0.717) is 0 Å². The predicted molar refractivity (Wildman–Crippen MR) is 93.5 cm³/mol. The van der Waals surface area contributed by atoms with Gasteiger partial charge in [0.05, 0.1) is 0 Å². The third-order valence-electron chi connectivity index (χ3n) is 3.61. The van der Waals surface area contributed by atoms with Gasteiger partial charge in [0, 0.05) is 10.8 Å². The van der Waals surface area contributed by atoms with Crippen LogP contribution in [0.5, 0.6) is 5.75 Å². The number of aryl methyl sites for hydroxylation is 1. The van der Waals surface area contributed by atoms with Crippen LogP contribution in [0, 0.1) is 6.92 Å². The lowest BCUT2D eigenvalue weighted by atomic mass is 10.1. The Morgan fingerprint density at radius 1 is 0.696 bits per heavy atom. The Kier molecular flexibility index (Phi) is 3.57. The lowest BCUT2D eigenvalue weighted by molar-refractivity contribution is 0.498. The summed E-state index contributed by atoms with van der Waals surface area (Å²) < 4.78 is 17.9. The molecule has 0 aliphatic rings. The molecule has 114 valence electrons. The molecule has 0 spiro atoms. The smallest absolute Gasteiger partial charge is 0.391 e. The Morgan fingerprint density at radius 2 is 1.22 bits per heavy atom. The second-order valence-electron chi connectivity index (χ2n) is 5.30. The van der Waals surface area contributed by atoms with Crippen molar-refractivity contribution in [2.75, 3.05) is 0 Å². The van der Waals surface area contributed by atoms with E-state index in [-0.39, 0.29) is 0 Å². The lowest BCUT2D eigenvalue weighted by Crippen LogP contribution is -1.78. The molecular formula is C19H15O3P. The fourth-order valence-electron chi connectivity index (χ4n) is 2.44. The SMILES string of the molecule is Cc1ccc(Op2oc3ccccc3c3ccccc3o2)cc1. The summed E-state index contributed by atoms with van der Waals surface area (Å²) in [6.07, 6.45) is 0. The molecule has 0 N–H and O–H groups in total. The van der Waals surface area contributed by atoms with E-state index in [9.17, 15) is 0 Å². The molecule has 0 saturated heterocycles. The Hall–Kier alpha value is -2.64. The van der Waals surface area contributed by atoms with E-state index in [1.54, 1.807) is 0 Å². The predicted octanol–water partition coefficient (Wildman–Crippen LogP) is 6.44. The first-order valence-electron chi connectivity index (χ1n) is 7.39. The number of hydrogen-bond donors (Lipinski definition) is 0. The molecule has 0 radical (unpaired) electrons. The van der Waals surface area contributed by atoms with Crippen LogP contribution in [-0.2, 0) is 0 Å². The molecule has 0 fully saturated rings. The van der Waals surface area contributed by atoms with Gasteiger partial charge >= 0.3 is 8.24 Å². The van der Waals surface area contributed by atoms with Gasteiger partial charge in [-0.1, -0.05) is 54.1 Å². The summed E-state index contributed by atoms with van der Waals surface area (Å²) in [7, 11) is -1.56. The van der Waals surface area contributed by atoms with Crippen molar-refractivity contribution >= 4 is 30.2 Å². The minimum Gasteiger partial charge on any atom is -0.391 e. The minimum atomic E-state index is -1.56. The number of benzene rings is 3. The highest BCUT2D eigenvalue weighted by Gasteiger charge is 2.07. The summed E-state index contributed by atoms with van der Waals surface area (Å²) in [4.78, 5) is 0. The summed E-state index contributed by atoms with van der Waals surface area (Å²) in [6, 6.07) is 23.7. The minimum absolute atomic E-state index is 0.735. The van der Waals surface area contributed by atoms with E-state index in [1.165, 1.54) is 5.56 Å². The molecule has 4 rings (SSSR count). The standard InChI is InChI=1S/C19H15O3P/c1-14-10-12-15(13-11-14)20-23-21-18-8-4-2-6-16(18)17-7-3-5-9-19(17)22-23/h2-13H,1H3. The van der Waals surface area contributed by atoms with Crippen LogP contribution in [0.3, 0.4) is 0 Å². The van der Waals surface area contributed by atoms with Gasteiger partial charge in [-0.05, 0) is 31.2 Å². The van der Waals surface area contributed by atoms with Crippen molar-refractivity contribution in [3.05, 3.63) is 78.4 Å². The van der Waals surface area contributed by atoms with Gasteiger partial charge in [-0.15, -0.1) is 0 Å². The first-order chi connectivity index (χ1) is 11.3. The molecule has 0 amide bonds. The zero-order valence-corrected chi connectivity index (χ0v) is 13.5. The normalized spacial score (nSPS) is 10.8. The van der Waals surface area contributed by atoms with Gasteiger partial charge in [0.2, 0.25) is 0 Å². The lowest BCUT2D eigenvalue weighted by Gasteiger charge is -2.01. The Bertz CT molecular complexity index is 945. The third kappa shape index (κ3) is 2.84. The van der Waals surface area contributed by atoms with E-state index < -0.39 is 8.24 Å². The molecule has 0 unspecified atom stereocenters. The largest absolute Gasteiger partial charge is 0.453 e. The van der Waals surface area contributed by atoms with Gasteiger partial charge in [0.15, 0.2) is 0 Å². The van der Waals surface area contributed by atoms with Crippen molar-refractivity contribution in [2.24, 2.45) is 0 Å². The summed E-state index contributed by atoms with van der Waals surface area (Å²) >= 11 is 0. The highest BCUT2D eigenvalue weighted by Crippen LogP contribution is 2.36. The van der Waals surface area contributed by atoms with Crippen molar-refractivity contribution in [2.45, 2.75) is 6.92 Å². The molecule has 3 aromatic carbocycles. The van der Waals surface area contributed by atoms with Gasteiger partial charge in [0.1, 0.15) is 16.9 Å². The molecule has 0 aliphatic carbocycles. The van der Waals surface area contributed by atoms with Crippen LogP contribution in [0.15, 0.2) is 81.2 Å². The van der Waals surface area contributed by atoms with Crippen LogP contribution in [0.1, 0.15) is 5.56 Å². The van der Waals surface area contributed by atoms with Crippen molar-refractivity contribution in [3.8, 4) is 5.75 Å². The molecular weight excluding hydrogens is 307 g/mol. The highest BCUT2D eigenvalue weighted by molar-refractivity contribution is 7.32. The molecule has 0 aliphatic heterocycles. The van der Waals surface area contributed by atoms with Crippen LogP contribution >= 0.6 is 8.24 Å². The zero-order valence-electron chi connectivity index (χ0n) is 12.6. The topological polar surface area (TPSA) is 35.5 Å². The van der Waals surface area contributed by atoms with Gasteiger partial charge in [-0.3, -0.25) is 0 Å². The molecule has 4 heteroatoms. The molecule has 3 nitrogen and oxygen atoms in total. The van der Waals surface area contributed by atoms with E-state index in [4.69, 9.17) is 12.9 Å². The first kappa shape index (κ1) is 14.0. The maximum Gasteiger partial charge on any atom is 0.453 e. The summed E-state index contributed by atoms with van der Waals surface area (Å²) in [5, 5.41) is 2.03. The monoisotopic (exact) mass is 322 g/mol. The maximum absolute atomic E-state index is 5.99. The summed E-state index contributed by atoms with van der Waals surface area (Å²) in [5.74, 6) is 0.735. The van der Waals surface area contributed by atoms with Crippen molar-refractivity contribution < 1.29 is 12.9 Å². The molecule has 0 atom stereocenters. The molecule has 0 bridgehead atoms. The van der Waals surface area contributed by atoms with E-state index in [1.807, 2.05) is 79.7 Å². The van der Waals surface area contributed by atoms with Crippen molar-refractivity contribution in [1.82, 2.24) is 0 Å². The summed E-state index contributed by atoms with van der Waals surface area (Å²) in [6.45, 7) is 2.04. The van der Waals surface area contributed by atoms with Gasteiger partial charge in [-0.25, -0.2) is 0 Å². The quantitative estimate of drug-likeness (QED) is 0.426. The maximum atomic E-state index is 5.99. The number of para-hydroxylation sites is 2.